The molecule has 1 aliphatic heterocycles. The quantitative estimate of drug-likeness (QED) is 0.570. The van der Waals surface area contributed by atoms with Gasteiger partial charge in [0.1, 0.15) is 11.3 Å². The average Bonchev–Trinajstić information content (AvgIpc) is 3.08. The molecule has 1 amide bonds. The molecule has 0 bridgehead atoms. The number of fused-ring (bicyclic) bond motifs is 1. The van der Waals surface area contributed by atoms with Crippen molar-refractivity contribution >= 4 is 44.4 Å². The summed E-state index contributed by atoms with van der Waals surface area (Å²) in [7, 11) is 1.94. The number of carbonyl (C=O) groups is 1. The van der Waals surface area contributed by atoms with E-state index in [0.717, 1.165) is 20.9 Å². The first kappa shape index (κ1) is 15.5. The number of benzene rings is 2. The molecule has 6 heteroatoms. The van der Waals surface area contributed by atoms with Crippen LogP contribution in [0.1, 0.15) is 12.5 Å². The van der Waals surface area contributed by atoms with Crippen LogP contribution in [0.4, 0.5) is 5.13 Å². The fourth-order valence-electron chi connectivity index (χ4n) is 2.83. The molecule has 2 heterocycles. The van der Waals surface area contributed by atoms with Gasteiger partial charge in [0, 0.05) is 0 Å². The Kier molecular flexibility index (Phi) is 3.62. The zero-order valence-electron chi connectivity index (χ0n) is 13.8. The van der Waals surface area contributed by atoms with Gasteiger partial charge in [0.25, 0.3) is 0 Å². The summed E-state index contributed by atoms with van der Waals surface area (Å²) in [5.74, 6) is 0.0527. The third-order valence-corrected chi connectivity index (χ3v) is 5.36. The van der Waals surface area contributed by atoms with Crippen molar-refractivity contribution in [2.75, 3.05) is 5.01 Å². The third kappa shape index (κ3) is 2.60. The number of hydrazone groups is 1. The molecule has 4 rings (SSSR count). The summed E-state index contributed by atoms with van der Waals surface area (Å²) in [6, 6.07) is 14.8. The van der Waals surface area contributed by atoms with Gasteiger partial charge in [-0.05, 0) is 59.2 Å². The number of nitrogens with zero attached hydrogens (tertiary/aromatic N) is 3. The number of carbonyl (C=O) groups excluding carboxylic acids is 1. The van der Waals surface area contributed by atoms with E-state index in [4.69, 9.17) is 0 Å². The van der Waals surface area contributed by atoms with Gasteiger partial charge in [0.2, 0.25) is 0 Å². The van der Waals surface area contributed by atoms with Crippen molar-refractivity contribution in [1.82, 2.24) is 0 Å². The monoisotopic (exact) mass is 350 g/mol. The summed E-state index contributed by atoms with van der Waals surface area (Å²) in [6.45, 7) is 1.83. The molecule has 0 radical (unpaired) electrons. The molecule has 0 saturated carbocycles. The molecular formula is C19H16N3O2S+. The summed E-state index contributed by atoms with van der Waals surface area (Å²) in [4.78, 5) is 12.9. The van der Waals surface area contributed by atoms with E-state index in [2.05, 4.69) is 5.10 Å². The van der Waals surface area contributed by atoms with Crippen LogP contribution in [0.3, 0.4) is 0 Å². The van der Waals surface area contributed by atoms with Crippen LogP contribution in [0.5, 0.6) is 5.75 Å². The molecule has 25 heavy (non-hydrogen) atoms. The first-order chi connectivity index (χ1) is 12.0. The van der Waals surface area contributed by atoms with Crippen LogP contribution in [0.15, 0.2) is 59.2 Å². The third-order valence-electron chi connectivity index (χ3n) is 4.16. The molecule has 1 N–H and O–H groups in total. The van der Waals surface area contributed by atoms with Gasteiger partial charge in [-0.25, -0.2) is 9.36 Å². The molecule has 0 fully saturated rings. The van der Waals surface area contributed by atoms with Crippen LogP contribution in [0.2, 0.25) is 0 Å². The van der Waals surface area contributed by atoms with Crippen LogP contribution in [-0.4, -0.2) is 16.7 Å². The average molecular weight is 350 g/mol. The molecule has 3 aromatic rings. The van der Waals surface area contributed by atoms with Gasteiger partial charge in [-0.1, -0.05) is 29.4 Å². The number of aromatic nitrogens is 1. The van der Waals surface area contributed by atoms with Gasteiger partial charge in [-0.15, -0.1) is 0 Å². The Morgan fingerprint density at radius 2 is 1.88 bits per heavy atom. The van der Waals surface area contributed by atoms with E-state index in [-0.39, 0.29) is 11.7 Å². The van der Waals surface area contributed by atoms with Gasteiger partial charge < -0.3 is 5.11 Å². The zero-order valence-corrected chi connectivity index (χ0v) is 14.6. The standard InChI is InChI=1S/C19H15N3O2S/c1-12-15(11-13-7-9-14(23)10-8-13)18(24)22(20-12)19-21(2)16-5-3-4-6-17(16)25-19/h3-11H,1-2H3/p+1. The van der Waals surface area contributed by atoms with Gasteiger partial charge in [0.15, 0.2) is 0 Å². The molecular weight excluding hydrogens is 334 g/mol. The molecule has 2 aromatic carbocycles. The molecule has 0 aliphatic carbocycles. The van der Waals surface area contributed by atoms with Crippen molar-refractivity contribution in [1.29, 1.82) is 0 Å². The van der Waals surface area contributed by atoms with E-state index in [1.54, 1.807) is 30.3 Å². The number of aryl methyl sites for hydroxylation is 1. The number of para-hydroxylation sites is 1. The maximum atomic E-state index is 12.9. The van der Waals surface area contributed by atoms with E-state index in [1.165, 1.54) is 16.3 Å². The summed E-state index contributed by atoms with van der Waals surface area (Å²) >= 11 is 1.54. The number of aromatic hydroxyl groups is 1. The minimum atomic E-state index is -0.146. The first-order valence-corrected chi connectivity index (χ1v) is 8.64. The van der Waals surface area contributed by atoms with Crippen molar-refractivity contribution in [2.24, 2.45) is 12.1 Å². The highest BCUT2D eigenvalue weighted by Gasteiger charge is 2.39. The lowest BCUT2D eigenvalue weighted by Crippen LogP contribution is -2.36. The number of anilines is 1. The maximum absolute atomic E-state index is 12.9. The van der Waals surface area contributed by atoms with E-state index < -0.39 is 0 Å². The second-order valence-electron chi connectivity index (χ2n) is 5.86. The van der Waals surface area contributed by atoms with E-state index in [9.17, 15) is 9.90 Å². The number of thiazole rings is 1. The molecule has 1 aliphatic rings. The summed E-state index contributed by atoms with van der Waals surface area (Å²) < 4.78 is 3.09. The van der Waals surface area contributed by atoms with E-state index in [1.807, 2.05) is 42.8 Å². The highest BCUT2D eigenvalue weighted by molar-refractivity contribution is 7.21. The van der Waals surface area contributed by atoms with Gasteiger partial charge in [-0.2, -0.15) is 0 Å². The Labute approximate surface area is 148 Å². The maximum Gasteiger partial charge on any atom is 0.370 e. The summed E-state index contributed by atoms with van der Waals surface area (Å²) in [6.07, 6.45) is 1.80. The minimum absolute atomic E-state index is 0.146. The van der Waals surface area contributed by atoms with Crippen LogP contribution in [-0.2, 0) is 11.8 Å². The van der Waals surface area contributed by atoms with Crippen molar-refractivity contribution in [3.8, 4) is 5.75 Å². The van der Waals surface area contributed by atoms with E-state index in [0.29, 0.717) is 11.3 Å². The molecule has 0 spiro atoms. The van der Waals surface area contributed by atoms with Crippen molar-refractivity contribution < 1.29 is 14.5 Å². The highest BCUT2D eigenvalue weighted by atomic mass is 32.1. The largest absolute Gasteiger partial charge is 0.508 e. The van der Waals surface area contributed by atoms with Crippen LogP contribution in [0.25, 0.3) is 16.3 Å². The molecule has 0 unspecified atom stereocenters. The Balaban J connectivity index is 1.74. The Bertz CT molecular complexity index is 1050. The highest BCUT2D eigenvalue weighted by Crippen LogP contribution is 2.30. The number of phenols is 1. The lowest BCUT2D eigenvalue weighted by atomic mass is 10.1. The predicted octanol–water partition coefficient (Wildman–Crippen LogP) is 3.24. The molecule has 124 valence electrons. The Hall–Kier alpha value is -2.99. The summed E-state index contributed by atoms with van der Waals surface area (Å²) in [5, 5.41) is 16.1. The van der Waals surface area contributed by atoms with Gasteiger partial charge in [-0.3, -0.25) is 0 Å². The fraction of sp³-hybridized carbons (Fsp3) is 0.105. The van der Waals surface area contributed by atoms with Crippen molar-refractivity contribution in [3.05, 3.63) is 59.7 Å². The molecule has 0 atom stereocenters. The number of rotatable bonds is 2. The Morgan fingerprint density at radius 3 is 2.60 bits per heavy atom. The minimum Gasteiger partial charge on any atom is -0.508 e. The normalized spacial score (nSPS) is 16.1. The lowest BCUT2D eigenvalue weighted by Gasteiger charge is -2.01. The smallest absolute Gasteiger partial charge is 0.370 e. The molecule has 5 nitrogen and oxygen atoms in total. The second kappa shape index (κ2) is 5.82. The van der Waals surface area contributed by atoms with Gasteiger partial charge >= 0.3 is 11.0 Å². The second-order valence-corrected chi connectivity index (χ2v) is 6.87. The molecule has 0 saturated heterocycles. The van der Waals surface area contributed by atoms with Crippen molar-refractivity contribution in [3.63, 3.8) is 0 Å². The fourth-order valence-corrected chi connectivity index (χ4v) is 3.93. The molecule has 1 aromatic heterocycles. The Morgan fingerprint density at radius 1 is 1.16 bits per heavy atom. The van der Waals surface area contributed by atoms with Crippen LogP contribution in [0, 0.1) is 0 Å². The number of amides is 1. The predicted molar refractivity (Wildman–Crippen MR) is 99.7 cm³/mol. The SMILES string of the molecule is CC1=NN(c2sc3ccccc3[n+]2C)C(=O)/C1=C/c1ccc(O)cc1. The number of hydrogen-bond donors (Lipinski definition) is 1. The topological polar surface area (TPSA) is 56.8 Å². The summed E-state index contributed by atoms with van der Waals surface area (Å²) in [5.41, 5.74) is 3.15. The number of hydrogen-bond acceptors (Lipinski definition) is 4. The zero-order chi connectivity index (χ0) is 17.6. The van der Waals surface area contributed by atoms with Crippen LogP contribution < -0.4 is 9.58 Å². The van der Waals surface area contributed by atoms with Crippen molar-refractivity contribution in [2.45, 2.75) is 6.92 Å². The lowest BCUT2D eigenvalue weighted by molar-refractivity contribution is -0.627. The first-order valence-electron chi connectivity index (χ1n) is 7.83. The van der Waals surface area contributed by atoms with Gasteiger partial charge in [0.05, 0.1) is 23.0 Å². The number of phenolic OH excluding ortho intramolecular Hbond substituents is 1. The van der Waals surface area contributed by atoms with Crippen LogP contribution >= 0.6 is 11.3 Å². The van der Waals surface area contributed by atoms with E-state index >= 15 is 0 Å².